The van der Waals surface area contributed by atoms with Crippen LogP contribution in [-0.4, -0.2) is 27.5 Å². The smallest absolute Gasteiger partial charge is 0.0727 e. The van der Waals surface area contributed by atoms with Crippen LogP contribution in [0.25, 0.3) is 0 Å². The van der Waals surface area contributed by atoms with E-state index in [2.05, 4.69) is 6.07 Å². The maximum atomic E-state index is 9.69. The molecule has 18 heavy (non-hydrogen) atoms. The molecule has 0 bridgehead atoms. The monoisotopic (exact) mass is 281 g/mol. The van der Waals surface area contributed by atoms with E-state index in [1.54, 1.807) is 0 Å². The van der Waals surface area contributed by atoms with Gasteiger partial charge in [-0.25, -0.2) is 0 Å². The van der Waals surface area contributed by atoms with E-state index < -0.39 is 0 Å². The van der Waals surface area contributed by atoms with E-state index in [0.717, 1.165) is 30.7 Å². The number of nitrogens with zero attached hydrogens (tertiary/aromatic N) is 1. The summed E-state index contributed by atoms with van der Waals surface area (Å²) in [5, 5.41) is 12.2. The van der Waals surface area contributed by atoms with Gasteiger partial charge in [0.05, 0.1) is 17.2 Å². The first kappa shape index (κ1) is 12.5. The predicted octanol–water partition coefficient (Wildman–Crippen LogP) is 3.31. The number of aliphatic imine (C=N–C) groups is 1. The average Bonchev–Trinajstić information content (AvgIpc) is 2.70. The lowest BCUT2D eigenvalue weighted by Gasteiger charge is -2.26. The molecule has 3 rings (SSSR count). The number of benzene rings is 1. The van der Waals surface area contributed by atoms with Crippen LogP contribution < -0.4 is 0 Å². The van der Waals surface area contributed by atoms with Crippen molar-refractivity contribution in [3.05, 3.63) is 34.9 Å². The van der Waals surface area contributed by atoms with Gasteiger partial charge in [-0.2, -0.15) is 0 Å². The molecular formula is C14H16ClNOS. The summed E-state index contributed by atoms with van der Waals surface area (Å²) in [7, 11) is 0. The summed E-state index contributed by atoms with van der Waals surface area (Å²) in [6, 6.07) is 8.39. The highest BCUT2D eigenvalue weighted by atomic mass is 35.5. The lowest BCUT2D eigenvalue weighted by atomic mass is 9.93. The highest BCUT2D eigenvalue weighted by Crippen LogP contribution is 2.38. The Morgan fingerprint density at radius 3 is 3.11 bits per heavy atom. The minimum absolute atomic E-state index is 0.125. The van der Waals surface area contributed by atoms with E-state index in [1.807, 2.05) is 30.0 Å². The molecule has 0 saturated heterocycles. The number of rotatable bonds is 2. The van der Waals surface area contributed by atoms with Crippen LogP contribution in [0.5, 0.6) is 0 Å². The average molecular weight is 282 g/mol. The van der Waals surface area contributed by atoms with Gasteiger partial charge in [-0.05, 0) is 37.0 Å². The van der Waals surface area contributed by atoms with Gasteiger partial charge < -0.3 is 5.11 Å². The minimum atomic E-state index is -0.125. The fourth-order valence-corrected chi connectivity index (χ4v) is 4.35. The van der Waals surface area contributed by atoms with Crippen LogP contribution in [-0.2, 0) is 6.42 Å². The molecule has 3 unspecified atom stereocenters. The normalized spacial score (nSPS) is 31.0. The van der Waals surface area contributed by atoms with Gasteiger partial charge in [0, 0.05) is 16.7 Å². The summed E-state index contributed by atoms with van der Waals surface area (Å²) in [6.07, 6.45) is 3.55. The zero-order chi connectivity index (χ0) is 12.5. The first-order valence-corrected chi connectivity index (χ1v) is 7.62. The lowest BCUT2D eigenvalue weighted by molar-refractivity contribution is 0.127. The number of fused-ring (bicyclic) bond motifs is 1. The molecular weight excluding hydrogens is 266 g/mol. The van der Waals surface area contributed by atoms with Crippen molar-refractivity contribution in [2.45, 2.75) is 43.1 Å². The maximum absolute atomic E-state index is 9.69. The lowest BCUT2D eigenvalue weighted by Crippen LogP contribution is -2.30. The van der Waals surface area contributed by atoms with Crippen molar-refractivity contribution in [3.8, 4) is 0 Å². The van der Waals surface area contributed by atoms with Crippen molar-refractivity contribution in [1.29, 1.82) is 0 Å². The summed E-state index contributed by atoms with van der Waals surface area (Å²) in [5.41, 5.74) is 1.22. The first-order chi connectivity index (χ1) is 8.70. The van der Waals surface area contributed by atoms with Crippen LogP contribution in [0.15, 0.2) is 29.3 Å². The molecule has 0 aromatic heterocycles. The Kier molecular flexibility index (Phi) is 3.64. The quantitative estimate of drug-likeness (QED) is 0.902. The van der Waals surface area contributed by atoms with E-state index in [9.17, 15) is 5.11 Å². The van der Waals surface area contributed by atoms with Crippen molar-refractivity contribution in [2.24, 2.45) is 4.99 Å². The van der Waals surface area contributed by atoms with Crippen LogP contribution in [0.1, 0.15) is 24.8 Å². The van der Waals surface area contributed by atoms with Gasteiger partial charge in [-0.15, -0.1) is 11.8 Å². The molecule has 0 amide bonds. The molecule has 1 aliphatic heterocycles. The van der Waals surface area contributed by atoms with Gasteiger partial charge in [0.15, 0.2) is 0 Å². The van der Waals surface area contributed by atoms with Crippen LogP contribution in [0.4, 0.5) is 0 Å². The molecule has 96 valence electrons. The summed E-state index contributed by atoms with van der Waals surface area (Å²) in [5.74, 6) is 0. The molecule has 1 N–H and O–H groups in total. The van der Waals surface area contributed by atoms with Gasteiger partial charge in [0.25, 0.3) is 0 Å². The molecule has 0 radical (unpaired) electrons. The molecule has 0 spiro atoms. The van der Waals surface area contributed by atoms with Gasteiger partial charge in [0.1, 0.15) is 0 Å². The Morgan fingerprint density at radius 1 is 1.39 bits per heavy atom. The topological polar surface area (TPSA) is 32.6 Å². The number of aliphatic hydroxyl groups excluding tert-OH is 1. The van der Waals surface area contributed by atoms with Crippen molar-refractivity contribution < 1.29 is 5.11 Å². The number of thioether (sulfide) groups is 1. The van der Waals surface area contributed by atoms with Gasteiger partial charge in [0.2, 0.25) is 0 Å². The van der Waals surface area contributed by atoms with Gasteiger partial charge in [-0.3, -0.25) is 4.99 Å². The number of halogens is 1. The Bertz CT molecular complexity index is 477. The van der Waals surface area contributed by atoms with Crippen molar-refractivity contribution in [3.63, 3.8) is 0 Å². The summed E-state index contributed by atoms with van der Waals surface area (Å²) in [4.78, 5) is 4.79. The van der Waals surface area contributed by atoms with Crippen LogP contribution >= 0.6 is 23.4 Å². The first-order valence-electron chi connectivity index (χ1n) is 6.36. The zero-order valence-corrected chi connectivity index (χ0v) is 11.6. The minimum Gasteiger partial charge on any atom is -0.393 e. The molecule has 1 aliphatic carbocycles. The second kappa shape index (κ2) is 5.24. The maximum Gasteiger partial charge on any atom is 0.0727 e. The molecule has 2 aliphatic rings. The molecule has 1 aromatic rings. The van der Waals surface area contributed by atoms with E-state index in [-0.39, 0.29) is 6.10 Å². The molecule has 3 atom stereocenters. The fourth-order valence-electron chi connectivity index (χ4n) is 2.67. The third-order valence-corrected chi connectivity index (χ3v) is 5.14. The molecule has 2 nitrogen and oxygen atoms in total. The zero-order valence-electron chi connectivity index (χ0n) is 10.1. The SMILES string of the molecule is OC1CCC2N=C(Cc3cccc(Cl)c3)SC2C1. The standard InChI is InChI=1S/C14H16ClNOS/c15-10-3-1-2-9(6-10)7-14-16-12-5-4-11(17)8-13(12)18-14/h1-3,6,11-13,17H,4-5,7-8H2. The third kappa shape index (κ3) is 2.73. The predicted molar refractivity (Wildman–Crippen MR) is 77.6 cm³/mol. The molecule has 1 heterocycles. The van der Waals surface area contributed by atoms with Gasteiger partial charge >= 0.3 is 0 Å². The third-order valence-electron chi connectivity index (χ3n) is 3.57. The van der Waals surface area contributed by atoms with Crippen LogP contribution in [0, 0.1) is 0 Å². The second-order valence-corrected chi connectivity index (χ2v) is 6.77. The van der Waals surface area contributed by atoms with Crippen LogP contribution in [0.2, 0.25) is 5.02 Å². The van der Waals surface area contributed by atoms with Crippen LogP contribution in [0.3, 0.4) is 0 Å². The summed E-state index contributed by atoms with van der Waals surface area (Å²) >= 11 is 7.84. The van der Waals surface area contributed by atoms with Crippen molar-refractivity contribution in [2.75, 3.05) is 0 Å². The van der Waals surface area contributed by atoms with E-state index >= 15 is 0 Å². The highest BCUT2D eigenvalue weighted by Gasteiger charge is 2.35. The highest BCUT2D eigenvalue weighted by molar-refractivity contribution is 8.14. The van der Waals surface area contributed by atoms with E-state index in [1.165, 1.54) is 10.6 Å². The van der Waals surface area contributed by atoms with Gasteiger partial charge in [-0.1, -0.05) is 23.7 Å². The second-order valence-electron chi connectivity index (χ2n) is 5.02. The van der Waals surface area contributed by atoms with E-state index in [4.69, 9.17) is 16.6 Å². The summed E-state index contributed by atoms with van der Waals surface area (Å²) in [6.45, 7) is 0. The Balaban J connectivity index is 1.68. The number of aliphatic hydroxyl groups is 1. The Morgan fingerprint density at radius 2 is 2.28 bits per heavy atom. The molecule has 4 heteroatoms. The van der Waals surface area contributed by atoms with Crippen molar-refractivity contribution >= 4 is 28.4 Å². The Labute approximate surface area is 116 Å². The fraction of sp³-hybridized carbons (Fsp3) is 0.500. The molecule has 1 aromatic carbocycles. The Hall–Kier alpha value is -0.510. The number of hydrogen-bond acceptors (Lipinski definition) is 3. The molecule has 1 fully saturated rings. The molecule has 1 saturated carbocycles. The largest absolute Gasteiger partial charge is 0.393 e. The van der Waals surface area contributed by atoms with E-state index in [0.29, 0.717) is 11.3 Å². The number of hydrogen-bond donors (Lipinski definition) is 1. The van der Waals surface area contributed by atoms with Crippen molar-refractivity contribution in [1.82, 2.24) is 0 Å². The summed E-state index contributed by atoms with van der Waals surface area (Å²) < 4.78 is 0.